The summed E-state index contributed by atoms with van der Waals surface area (Å²) < 4.78 is 0. The number of hydrogen-bond donors (Lipinski definition) is 3. The van der Waals surface area contributed by atoms with E-state index in [1.807, 2.05) is 26.2 Å². The quantitative estimate of drug-likeness (QED) is 0.338. The summed E-state index contributed by atoms with van der Waals surface area (Å²) in [6, 6.07) is 0. The number of oxime groups is 1. The van der Waals surface area contributed by atoms with Gasteiger partial charge in [-0.25, -0.2) is 0 Å². The van der Waals surface area contributed by atoms with Gasteiger partial charge in [-0.15, -0.1) is 11.3 Å². The Kier molecular flexibility index (Phi) is 5.20. The van der Waals surface area contributed by atoms with Gasteiger partial charge in [0.15, 0.2) is 5.84 Å². The molecule has 0 saturated carbocycles. The fourth-order valence-electron chi connectivity index (χ4n) is 1.81. The minimum atomic E-state index is -0.854. The molecule has 0 atom stereocenters. The zero-order chi connectivity index (χ0) is 14.6. The lowest BCUT2D eigenvalue weighted by Crippen LogP contribution is -2.56. The fraction of sp³-hybridized carbons (Fsp3) is 0.500. The number of nitrogens with two attached hydrogens (primary N) is 1. The summed E-state index contributed by atoms with van der Waals surface area (Å²) in [7, 11) is 0. The van der Waals surface area contributed by atoms with Crippen molar-refractivity contribution in [3.8, 4) is 0 Å². The van der Waals surface area contributed by atoms with Gasteiger partial charge in [-0.3, -0.25) is 4.79 Å². The SMILES string of the molecule is CCC(CC)(NC(=O)c1scc(C)c1Cl)/C(N)=N/O. The van der Waals surface area contributed by atoms with Gasteiger partial charge in [0.2, 0.25) is 0 Å². The molecule has 0 aliphatic heterocycles. The highest BCUT2D eigenvalue weighted by atomic mass is 35.5. The molecule has 19 heavy (non-hydrogen) atoms. The molecular weight excluding hydrogens is 286 g/mol. The van der Waals surface area contributed by atoms with Crippen molar-refractivity contribution < 1.29 is 10.0 Å². The van der Waals surface area contributed by atoms with Crippen molar-refractivity contribution in [1.82, 2.24) is 5.32 Å². The van der Waals surface area contributed by atoms with Gasteiger partial charge in [0.05, 0.1) is 5.02 Å². The summed E-state index contributed by atoms with van der Waals surface area (Å²) in [4.78, 5) is 12.7. The maximum Gasteiger partial charge on any atom is 0.263 e. The molecule has 1 aromatic rings. The first-order valence-corrected chi connectivity index (χ1v) is 7.21. The lowest BCUT2D eigenvalue weighted by Gasteiger charge is -2.31. The van der Waals surface area contributed by atoms with Crippen molar-refractivity contribution in [2.75, 3.05) is 0 Å². The summed E-state index contributed by atoms with van der Waals surface area (Å²) >= 11 is 7.35. The van der Waals surface area contributed by atoms with Gasteiger partial charge in [0.1, 0.15) is 10.4 Å². The summed E-state index contributed by atoms with van der Waals surface area (Å²) in [5, 5.41) is 17.0. The Labute approximate surface area is 121 Å². The standard InChI is InChI=1S/C12H18ClN3O2S/c1-4-12(5-2,11(14)16-18)15-10(17)9-8(13)7(3)6-19-9/h6,18H,4-5H2,1-3H3,(H2,14,16)(H,15,17). The molecule has 0 fully saturated rings. The molecule has 5 nitrogen and oxygen atoms in total. The summed E-state index contributed by atoms with van der Waals surface area (Å²) in [6.07, 6.45) is 1.04. The van der Waals surface area contributed by atoms with Crippen LogP contribution in [0.4, 0.5) is 0 Å². The van der Waals surface area contributed by atoms with E-state index in [9.17, 15) is 4.79 Å². The lowest BCUT2D eigenvalue weighted by atomic mass is 9.91. The van der Waals surface area contributed by atoms with Crippen molar-refractivity contribution in [3.05, 3.63) is 20.8 Å². The van der Waals surface area contributed by atoms with E-state index in [0.29, 0.717) is 22.7 Å². The molecule has 7 heteroatoms. The van der Waals surface area contributed by atoms with Crippen LogP contribution in [0.2, 0.25) is 5.02 Å². The molecule has 0 aliphatic carbocycles. The molecule has 0 radical (unpaired) electrons. The summed E-state index contributed by atoms with van der Waals surface area (Å²) in [5.74, 6) is -0.311. The second-order valence-corrected chi connectivity index (χ2v) is 5.55. The Morgan fingerprint density at radius 1 is 1.58 bits per heavy atom. The van der Waals surface area contributed by atoms with E-state index < -0.39 is 5.54 Å². The van der Waals surface area contributed by atoms with E-state index in [4.69, 9.17) is 22.5 Å². The maximum absolute atomic E-state index is 12.3. The average molecular weight is 304 g/mol. The monoisotopic (exact) mass is 303 g/mol. The van der Waals surface area contributed by atoms with Gasteiger partial charge in [0, 0.05) is 0 Å². The normalized spacial score (nSPS) is 12.5. The lowest BCUT2D eigenvalue weighted by molar-refractivity contribution is 0.0922. The third-order valence-corrected chi connectivity index (χ3v) is 4.96. The number of carbonyl (C=O) groups is 1. The van der Waals surface area contributed by atoms with E-state index in [0.717, 1.165) is 5.56 Å². The van der Waals surface area contributed by atoms with Gasteiger partial charge in [-0.2, -0.15) is 0 Å². The van der Waals surface area contributed by atoms with Crippen LogP contribution in [-0.4, -0.2) is 22.5 Å². The Morgan fingerprint density at radius 2 is 2.16 bits per heavy atom. The number of amides is 1. The number of thiophene rings is 1. The summed E-state index contributed by atoms with van der Waals surface area (Å²) in [5.41, 5.74) is 5.70. The number of nitrogens with zero attached hydrogens (tertiary/aromatic N) is 1. The first-order chi connectivity index (χ1) is 8.91. The smallest absolute Gasteiger partial charge is 0.263 e. The first kappa shape index (κ1) is 15.8. The second kappa shape index (κ2) is 6.25. The van der Waals surface area contributed by atoms with Crippen LogP contribution < -0.4 is 11.1 Å². The van der Waals surface area contributed by atoms with Gasteiger partial charge in [-0.05, 0) is 30.7 Å². The fourth-order valence-corrected chi connectivity index (χ4v) is 2.98. The largest absolute Gasteiger partial charge is 0.409 e. The molecule has 0 aromatic carbocycles. The number of carbonyl (C=O) groups excluding carboxylic acids is 1. The molecule has 1 heterocycles. The molecule has 4 N–H and O–H groups in total. The highest BCUT2D eigenvalue weighted by molar-refractivity contribution is 7.13. The number of nitrogens with one attached hydrogen (secondary N) is 1. The van der Waals surface area contributed by atoms with Gasteiger partial charge in [0.25, 0.3) is 5.91 Å². The van der Waals surface area contributed by atoms with Crippen molar-refractivity contribution in [1.29, 1.82) is 0 Å². The number of rotatable bonds is 5. The van der Waals surface area contributed by atoms with Crippen molar-refractivity contribution in [3.63, 3.8) is 0 Å². The van der Waals surface area contributed by atoms with Crippen molar-refractivity contribution >= 4 is 34.7 Å². The number of halogens is 1. The van der Waals surface area contributed by atoms with Gasteiger partial charge in [-0.1, -0.05) is 30.6 Å². The predicted molar refractivity (Wildman–Crippen MR) is 78.3 cm³/mol. The van der Waals surface area contributed by atoms with Crippen LogP contribution in [0.15, 0.2) is 10.5 Å². The zero-order valence-corrected chi connectivity index (χ0v) is 12.7. The molecule has 0 spiro atoms. The molecule has 1 aromatic heterocycles. The van der Waals surface area contributed by atoms with Crippen LogP contribution in [-0.2, 0) is 0 Å². The molecule has 106 valence electrons. The van der Waals surface area contributed by atoms with Crippen LogP contribution in [0.1, 0.15) is 41.9 Å². The first-order valence-electron chi connectivity index (χ1n) is 5.96. The number of hydrogen-bond acceptors (Lipinski definition) is 4. The molecule has 1 rings (SSSR count). The molecule has 0 saturated heterocycles. The third-order valence-electron chi connectivity index (χ3n) is 3.26. The topological polar surface area (TPSA) is 87.7 Å². The van der Waals surface area contributed by atoms with Crippen LogP contribution in [0.5, 0.6) is 0 Å². The predicted octanol–water partition coefficient (Wildman–Crippen LogP) is 2.74. The molecule has 0 unspecified atom stereocenters. The Morgan fingerprint density at radius 3 is 2.53 bits per heavy atom. The Hall–Kier alpha value is -1.27. The maximum atomic E-state index is 12.3. The number of amidine groups is 1. The minimum absolute atomic E-state index is 0.00440. The Bertz CT molecular complexity index is 495. The summed E-state index contributed by atoms with van der Waals surface area (Å²) in [6.45, 7) is 5.57. The van der Waals surface area contributed by atoms with E-state index >= 15 is 0 Å². The Balaban J connectivity index is 3.04. The second-order valence-electron chi connectivity index (χ2n) is 4.29. The van der Waals surface area contributed by atoms with Crippen LogP contribution in [0.3, 0.4) is 0 Å². The zero-order valence-electron chi connectivity index (χ0n) is 11.2. The average Bonchev–Trinajstić information content (AvgIpc) is 2.75. The van der Waals surface area contributed by atoms with E-state index in [2.05, 4.69) is 10.5 Å². The highest BCUT2D eigenvalue weighted by Crippen LogP contribution is 2.28. The van der Waals surface area contributed by atoms with E-state index in [1.165, 1.54) is 11.3 Å². The van der Waals surface area contributed by atoms with Crippen LogP contribution >= 0.6 is 22.9 Å². The van der Waals surface area contributed by atoms with E-state index in [-0.39, 0.29) is 11.7 Å². The molecule has 0 bridgehead atoms. The van der Waals surface area contributed by atoms with Crippen molar-refractivity contribution in [2.45, 2.75) is 39.2 Å². The minimum Gasteiger partial charge on any atom is -0.409 e. The third kappa shape index (κ3) is 3.01. The highest BCUT2D eigenvalue weighted by Gasteiger charge is 2.34. The van der Waals surface area contributed by atoms with E-state index in [1.54, 1.807) is 0 Å². The van der Waals surface area contributed by atoms with Crippen LogP contribution in [0, 0.1) is 6.92 Å². The van der Waals surface area contributed by atoms with Crippen LogP contribution in [0.25, 0.3) is 0 Å². The molecular formula is C12H18ClN3O2S. The van der Waals surface area contributed by atoms with Crippen molar-refractivity contribution in [2.24, 2.45) is 10.9 Å². The molecule has 0 aliphatic rings. The van der Waals surface area contributed by atoms with Gasteiger partial charge < -0.3 is 16.3 Å². The molecule has 1 amide bonds. The van der Waals surface area contributed by atoms with Gasteiger partial charge >= 0.3 is 0 Å². The number of aryl methyl sites for hydroxylation is 1.